The van der Waals surface area contributed by atoms with E-state index in [0.717, 1.165) is 0 Å². The number of nitrogens with one attached hydrogen (secondary N) is 1. The van der Waals surface area contributed by atoms with Crippen LogP contribution < -0.4 is 11.3 Å². The summed E-state index contributed by atoms with van der Waals surface area (Å²) in [4.78, 5) is 9.63. The van der Waals surface area contributed by atoms with Crippen LogP contribution in [0.25, 0.3) is 0 Å². The lowest BCUT2D eigenvalue weighted by Gasteiger charge is -2.18. The summed E-state index contributed by atoms with van der Waals surface area (Å²) in [7, 11) is 0. The number of nitrogens with two attached hydrogens (primary N) is 1. The predicted octanol–water partition coefficient (Wildman–Crippen LogP) is -0.00530. The van der Waals surface area contributed by atoms with Crippen molar-refractivity contribution in [2.75, 3.05) is 6.54 Å². The fourth-order valence-electron chi connectivity index (χ4n) is 0.207. The summed E-state index contributed by atoms with van der Waals surface area (Å²) in [6, 6.07) is 0. The van der Waals surface area contributed by atoms with Gasteiger partial charge >= 0.3 is 0 Å². The van der Waals surface area contributed by atoms with E-state index in [0.29, 0.717) is 0 Å². The molecule has 0 atom stereocenters. The van der Waals surface area contributed by atoms with E-state index in [1.807, 2.05) is 0 Å². The second-order valence-corrected chi connectivity index (χ2v) is 2.32. The van der Waals surface area contributed by atoms with Gasteiger partial charge in [0.2, 0.25) is 0 Å². The van der Waals surface area contributed by atoms with Crippen LogP contribution in [0.15, 0.2) is 5.18 Å². The highest BCUT2D eigenvalue weighted by Crippen LogP contribution is 1.98. The summed E-state index contributed by atoms with van der Waals surface area (Å²) in [5.74, 6) is 5.04. The van der Waals surface area contributed by atoms with Crippen molar-refractivity contribution in [2.45, 2.75) is 19.4 Å². The molecule has 0 heterocycles. The molecular formula is C4H11N3O. The van der Waals surface area contributed by atoms with E-state index in [4.69, 9.17) is 5.84 Å². The van der Waals surface area contributed by atoms with Crippen molar-refractivity contribution in [1.29, 1.82) is 0 Å². The minimum Gasteiger partial charge on any atom is -0.271 e. The molecule has 0 aliphatic carbocycles. The van der Waals surface area contributed by atoms with Gasteiger partial charge in [-0.15, -0.1) is 0 Å². The van der Waals surface area contributed by atoms with Gasteiger partial charge in [0.25, 0.3) is 0 Å². The summed E-state index contributed by atoms with van der Waals surface area (Å²) in [6.45, 7) is 3.80. The molecule has 0 saturated heterocycles. The third kappa shape index (κ3) is 2.65. The standard InChI is InChI=1S/C4H11N3O/c1-4(2,7-5)3-6-8/h7H,3,5H2,1-2H3. The first kappa shape index (κ1) is 7.52. The molecule has 0 aromatic carbocycles. The number of hydrogen-bond acceptors (Lipinski definition) is 4. The van der Waals surface area contributed by atoms with E-state index < -0.39 is 0 Å². The Kier molecular flexibility index (Phi) is 2.57. The molecule has 0 spiro atoms. The van der Waals surface area contributed by atoms with Crippen LogP contribution in [0.5, 0.6) is 0 Å². The fraction of sp³-hybridized carbons (Fsp3) is 1.00. The van der Waals surface area contributed by atoms with Gasteiger partial charge in [0.15, 0.2) is 0 Å². The van der Waals surface area contributed by atoms with Crippen molar-refractivity contribution in [1.82, 2.24) is 5.43 Å². The minimum absolute atomic E-state index is 0.198. The number of nitroso groups, excluding NO2 is 1. The molecule has 0 fully saturated rings. The zero-order valence-electron chi connectivity index (χ0n) is 5.14. The first-order valence-corrected chi connectivity index (χ1v) is 2.39. The molecule has 4 heteroatoms. The van der Waals surface area contributed by atoms with Gasteiger partial charge in [-0.3, -0.25) is 11.3 Å². The summed E-state index contributed by atoms with van der Waals surface area (Å²) in [5.41, 5.74) is 2.09. The molecule has 0 saturated carbocycles. The molecule has 0 bridgehead atoms. The molecule has 0 aromatic rings. The normalized spacial score (nSPS) is 11.4. The molecule has 0 aliphatic rings. The third-order valence-corrected chi connectivity index (χ3v) is 0.851. The Labute approximate surface area is 48.4 Å². The molecule has 0 aromatic heterocycles. The molecular weight excluding hydrogens is 106 g/mol. The van der Waals surface area contributed by atoms with Crippen LogP contribution in [-0.2, 0) is 0 Å². The van der Waals surface area contributed by atoms with Crippen molar-refractivity contribution in [2.24, 2.45) is 11.0 Å². The molecule has 0 rings (SSSR count). The van der Waals surface area contributed by atoms with Crippen LogP contribution in [0.1, 0.15) is 13.8 Å². The van der Waals surface area contributed by atoms with E-state index in [-0.39, 0.29) is 12.1 Å². The van der Waals surface area contributed by atoms with Gasteiger partial charge < -0.3 is 0 Å². The van der Waals surface area contributed by atoms with Crippen LogP contribution in [0, 0.1) is 4.91 Å². The SMILES string of the molecule is CC(C)(CN=O)NN. The quantitative estimate of drug-likeness (QED) is 0.310. The van der Waals surface area contributed by atoms with Crippen molar-refractivity contribution in [3.63, 3.8) is 0 Å². The maximum Gasteiger partial charge on any atom is 0.1000 e. The largest absolute Gasteiger partial charge is 0.271 e. The molecule has 0 unspecified atom stereocenters. The smallest absolute Gasteiger partial charge is 0.1000 e. The first-order valence-electron chi connectivity index (χ1n) is 2.39. The molecule has 48 valence electrons. The van der Waals surface area contributed by atoms with E-state index in [2.05, 4.69) is 10.6 Å². The minimum atomic E-state index is -0.359. The highest BCUT2D eigenvalue weighted by atomic mass is 16.3. The monoisotopic (exact) mass is 117 g/mol. The lowest BCUT2D eigenvalue weighted by Crippen LogP contribution is -2.46. The highest BCUT2D eigenvalue weighted by molar-refractivity contribution is 4.75. The van der Waals surface area contributed by atoms with Crippen LogP contribution in [0.3, 0.4) is 0 Å². The zero-order valence-corrected chi connectivity index (χ0v) is 5.14. The Bertz CT molecular complexity index is 81.4. The zero-order chi connectivity index (χ0) is 6.62. The lowest BCUT2D eigenvalue weighted by molar-refractivity contribution is 0.409. The molecule has 8 heavy (non-hydrogen) atoms. The van der Waals surface area contributed by atoms with Gasteiger partial charge in [-0.05, 0) is 13.8 Å². The Hall–Kier alpha value is -0.480. The predicted molar refractivity (Wildman–Crippen MR) is 32.1 cm³/mol. The van der Waals surface area contributed by atoms with Crippen molar-refractivity contribution in [3.8, 4) is 0 Å². The van der Waals surface area contributed by atoms with Gasteiger partial charge in [-0.2, -0.15) is 4.91 Å². The van der Waals surface area contributed by atoms with Crippen LogP contribution >= 0.6 is 0 Å². The molecule has 4 nitrogen and oxygen atoms in total. The van der Waals surface area contributed by atoms with E-state index in [1.54, 1.807) is 13.8 Å². The summed E-state index contributed by atoms with van der Waals surface area (Å²) in [6.07, 6.45) is 0. The van der Waals surface area contributed by atoms with Crippen LogP contribution in [0.2, 0.25) is 0 Å². The summed E-state index contributed by atoms with van der Waals surface area (Å²) < 4.78 is 0. The van der Waals surface area contributed by atoms with E-state index >= 15 is 0 Å². The average Bonchev–Trinajstić information content (AvgIpc) is 1.67. The number of hydrazine groups is 1. The van der Waals surface area contributed by atoms with Crippen molar-refractivity contribution in [3.05, 3.63) is 4.91 Å². The maximum absolute atomic E-state index is 9.63. The van der Waals surface area contributed by atoms with Gasteiger partial charge in [0.05, 0.1) is 6.54 Å². The van der Waals surface area contributed by atoms with Gasteiger partial charge in [-0.25, -0.2) is 0 Å². The Morgan fingerprint density at radius 1 is 1.75 bits per heavy atom. The second kappa shape index (κ2) is 2.74. The molecule has 0 aliphatic heterocycles. The molecule has 0 amide bonds. The number of rotatable bonds is 3. The van der Waals surface area contributed by atoms with Crippen molar-refractivity contribution >= 4 is 0 Å². The van der Waals surface area contributed by atoms with Crippen LogP contribution in [0.4, 0.5) is 0 Å². The Balaban J connectivity index is 3.53. The summed E-state index contributed by atoms with van der Waals surface area (Å²) >= 11 is 0. The average molecular weight is 117 g/mol. The second-order valence-electron chi connectivity index (χ2n) is 2.32. The van der Waals surface area contributed by atoms with E-state index in [9.17, 15) is 4.91 Å². The summed E-state index contributed by atoms with van der Waals surface area (Å²) in [5, 5.41) is 2.69. The van der Waals surface area contributed by atoms with Gasteiger partial charge in [0, 0.05) is 5.54 Å². The number of hydrogen-bond donors (Lipinski definition) is 2. The molecule has 0 radical (unpaired) electrons. The third-order valence-electron chi connectivity index (χ3n) is 0.851. The number of nitrogens with zero attached hydrogens (tertiary/aromatic N) is 1. The van der Waals surface area contributed by atoms with Gasteiger partial charge in [0.1, 0.15) is 0 Å². The van der Waals surface area contributed by atoms with Crippen molar-refractivity contribution < 1.29 is 0 Å². The van der Waals surface area contributed by atoms with E-state index in [1.165, 1.54) is 0 Å². The maximum atomic E-state index is 9.63. The Morgan fingerprint density at radius 3 is 2.38 bits per heavy atom. The highest BCUT2D eigenvalue weighted by Gasteiger charge is 2.13. The first-order chi connectivity index (χ1) is 3.62. The topological polar surface area (TPSA) is 67.5 Å². The lowest BCUT2D eigenvalue weighted by atomic mass is 10.1. The van der Waals surface area contributed by atoms with Gasteiger partial charge in [-0.1, -0.05) is 5.18 Å². The molecule has 3 N–H and O–H groups in total. The van der Waals surface area contributed by atoms with Crippen LogP contribution in [-0.4, -0.2) is 12.1 Å². The fourth-order valence-corrected chi connectivity index (χ4v) is 0.207. The Morgan fingerprint density at radius 2 is 2.25 bits per heavy atom.